The summed E-state index contributed by atoms with van der Waals surface area (Å²) in [6.45, 7) is 3.31. The standard InChI is InChI=1S/C28H27N5O5S/c1-18-10-12-21(13-11-18)27-31-32-28(33(27)22-8-6-5-7-9-22)39-17-25(35)30-29-16-20-14-23(36-3)26(38-19(2)34)24(15-20)37-4/h5-16H,17H2,1-4H3,(H,30,35)/b29-16-. The molecule has 0 aliphatic rings. The number of thioether (sulfide) groups is 1. The first kappa shape index (κ1) is 27.4. The summed E-state index contributed by atoms with van der Waals surface area (Å²) >= 11 is 1.25. The first-order valence-corrected chi connectivity index (χ1v) is 12.8. The number of ether oxygens (including phenoxy) is 3. The van der Waals surface area contributed by atoms with Gasteiger partial charge >= 0.3 is 5.97 Å². The van der Waals surface area contributed by atoms with Crippen LogP contribution in [0, 0.1) is 6.92 Å². The highest BCUT2D eigenvalue weighted by Crippen LogP contribution is 2.38. The van der Waals surface area contributed by atoms with E-state index in [1.807, 2.05) is 66.1 Å². The molecule has 3 aromatic carbocycles. The third kappa shape index (κ3) is 6.82. The van der Waals surface area contributed by atoms with Gasteiger partial charge in [0, 0.05) is 23.7 Å². The number of methoxy groups -OCH3 is 2. The van der Waals surface area contributed by atoms with Crippen LogP contribution in [-0.4, -0.2) is 52.8 Å². The zero-order chi connectivity index (χ0) is 27.8. The van der Waals surface area contributed by atoms with Crippen LogP contribution < -0.4 is 19.6 Å². The van der Waals surface area contributed by atoms with Gasteiger partial charge < -0.3 is 14.2 Å². The topological polar surface area (TPSA) is 117 Å². The number of hydrogen-bond donors (Lipinski definition) is 1. The Morgan fingerprint density at radius 3 is 2.28 bits per heavy atom. The number of rotatable bonds is 10. The van der Waals surface area contributed by atoms with E-state index in [-0.39, 0.29) is 28.9 Å². The molecule has 1 aromatic heterocycles. The highest BCUT2D eigenvalue weighted by atomic mass is 32.2. The third-order valence-corrected chi connectivity index (χ3v) is 6.35. The van der Waals surface area contributed by atoms with Crippen molar-refractivity contribution in [1.29, 1.82) is 0 Å². The molecule has 200 valence electrons. The Hall–Kier alpha value is -4.64. The molecule has 0 aliphatic carbocycles. The molecular weight excluding hydrogens is 518 g/mol. The molecule has 39 heavy (non-hydrogen) atoms. The maximum atomic E-state index is 12.6. The number of benzene rings is 3. The SMILES string of the molecule is COc1cc(/C=N\NC(=O)CSc2nnc(-c3ccc(C)cc3)n2-c2ccccc2)cc(OC)c1OC(C)=O. The first-order valence-electron chi connectivity index (χ1n) is 11.9. The van der Waals surface area contributed by atoms with Gasteiger partial charge in [-0.15, -0.1) is 10.2 Å². The van der Waals surface area contributed by atoms with E-state index in [1.165, 1.54) is 39.1 Å². The van der Waals surface area contributed by atoms with E-state index in [1.54, 1.807) is 12.1 Å². The molecule has 1 amide bonds. The van der Waals surface area contributed by atoms with Gasteiger partial charge in [0.25, 0.3) is 5.91 Å². The van der Waals surface area contributed by atoms with Crippen molar-refractivity contribution >= 4 is 29.9 Å². The average Bonchev–Trinajstić information content (AvgIpc) is 3.37. The molecule has 0 unspecified atom stereocenters. The molecule has 1 heterocycles. The van der Waals surface area contributed by atoms with E-state index in [0.717, 1.165) is 16.8 Å². The number of amides is 1. The van der Waals surface area contributed by atoms with Gasteiger partial charge in [0.1, 0.15) is 0 Å². The fraction of sp³-hybridized carbons (Fsp3) is 0.179. The van der Waals surface area contributed by atoms with Gasteiger partial charge in [-0.05, 0) is 31.2 Å². The number of carbonyl (C=O) groups is 2. The number of nitrogens with zero attached hydrogens (tertiary/aromatic N) is 4. The lowest BCUT2D eigenvalue weighted by Crippen LogP contribution is -2.20. The van der Waals surface area contributed by atoms with Gasteiger partial charge in [-0.1, -0.05) is 59.8 Å². The summed E-state index contributed by atoms with van der Waals surface area (Å²) < 4.78 is 17.7. The number of esters is 1. The lowest BCUT2D eigenvalue weighted by Gasteiger charge is -2.13. The smallest absolute Gasteiger partial charge is 0.308 e. The highest BCUT2D eigenvalue weighted by molar-refractivity contribution is 7.99. The van der Waals surface area contributed by atoms with Crippen molar-refractivity contribution in [2.45, 2.75) is 19.0 Å². The predicted octanol–water partition coefficient (Wildman–Crippen LogP) is 4.43. The largest absolute Gasteiger partial charge is 0.493 e. The summed E-state index contributed by atoms with van der Waals surface area (Å²) in [6.07, 6.45) is 1.44. The van der Waals surface area contributed by atoms with E-state index < -0.39 is 5.97 Å². The van der Waals surface area contributed by atoms with Crippen LogP contribution in [0.15, 0.2) is 77.0 Å². The minimum atomic E-state index is -0.508. The zero-order valence-corrected chi connectivity index (χ0v) is 22.7. The highest BCUT2D eigenvalue weighted by Gasteiger charge is 2.18. The van der Waals surface area contributed by atoms with Crippen LogP contribution in [0.3, 0.4) is 0 Å². The normalized spacial score (nSPS) is 10.9. The van der Waals surface area contributed by atoms with Crippen molar-refractivity contribution in [2.75, 3.05) is 20.0 Å². The summed E-state index contributed by atoms with van der Waals surface area (Å²) in [5, 5.41) is 13.4. The van der Waals surface area contributed by atoms with E-state index in [2.05, 4.69) is 20.7 Å². The molecule has 0 atom stereocenters. The number of hydrogen-bond acceptors (Lipinski definition) is 9. The fourth-order valence-corrected chi connectivity index (χ4v) is 4.37. The monoisotopic (exact) mass is 545 g/mol. The van der Waals surface area contributed by atoms with E-state index in [9.17, 15) is 9.59 Å². The molecule has 11 heteroatoms. The van der Waals surface area contributed by atoms with Gasteiger partial charge in [-0.3, -0.25) is 14.2 Å². The van der Waals surface area contributed by atoms with Gasteiger partial charge in [0.05, 0.1) is 26.2 Å². The summed E-state index contributed by atoms with van der Waals surface area (Å²) in [4.78, 5) is 24.0. The third-order valence-electron chi connectivity index (χ3n) is 5.42. The van der Waals surface area contributed by atoms with Crippen LogP contribution in [-0.2, 0) is 9.59 Å². The Kier molecular flexibility index (Phi) is 8.95. The molecule has 0 radical (unpaired) electrons. The number of carbonyl (C=O) groups excluding carboxylic acids is 2. The molecule has 0 fully saturated rings. The van der Waals surface area contributed by atoms with Crippen molar-refractivity contribution in [3.63, 3.8) is 0 Å². The molecule has 0 spiro atoms. The van der Waals surface area contributed by atoms with Gasteiger partial charge in [0.15, 0.2) is 22.5 Å². The second-order valence-electron chi connectivity index (χ2n) is 8.27. The second kappa shape index (κ2) is 12.7. The molecule has 10 nitrogen and oxygen atoms in total. The second-order valence-corrected chi connectivity index (χ2v) is 9.22. The predicted molar refractivity (Wildman–Crippen MR) is 149 cm³/mol. The fourth-order valence-electron chi connectivity index (χ4n) is 3.62. The first-order chi connectivity index (χ1) is 18.9. The van der Waals surface area contributed by atoms with Crippen molar-refractivity contribution in [3.05, 3.63) is 77.9 Å². The Labute approximate surface area is 230 Å². The van der Waals surface area contributed by atoms with Crippen molar-refractivity contribution < 1.29 is 23.8 Å². The minimum Gasteiger partial charge on any atom is -0.493 e. The van der Waals surface area contributed by atoms with Crippen molar-refractivity contribution in [1.82, 2.24) is 20.2 Å². The van der Waals surface area contributed by atoms with Crippen LogP contribution in [0.4, 0.5) is 0 Å². The van der Waals surface area contributed by atoms with Crippen molar-refractivity contribution in [3.8, 4) is 34.3 Å². The zero-order valence-electron chi connectivity index (χ0n) is 21.9. The Bertz CT molecular complexity index is 1460. The summed E-state index contributed by atoms with van der Waals surface area (Å²) in [5.74, 6) is 0.654. The molecule has 0 saturated heterocycles. The average molecular weight is 546 g/mol. The molecule has 4 rings (SSSR count). The molecule has 0 bridgehead atoms. The van der Waals surface area contributed by atoms with Crippen molar-refractivity contribution in [2.24, 2.45) is 5.10 Å². The maximum Gasteiger partial charge on any atom is 0.308 e. The molecular formula is C28H27N5O5S. The van der Waals surface area contributed by atoms with Gasteiger partial charge in [-0.2, -0.15) is 5.10 Å². The molecule has 0 saturated carbocycles. The van der Waals surface area contributed by atoms with Crippen LogP contribution in [0.25, 0.3) is 17.1 Å². The van der Waals surface area contributed by atoms with Crippen LogP contribution >= 0.6 is 11.8 Å². The summed E-state index contributed by atoms with van der Waals surface area (Å²) in [7, 11) is 2.89. The Morgan fingerprint density at radius 1 is 1.00 bits per heavy atom. The van der Waals surface area contributed by atoms with Gasteiger partial charge in [-0.25, -0.2) is 5.43 Å². The minimum absolute atomic E-state index is 0.0637. The van der Waals surface area contributed by atoms with Gasteiger partial charge in [0.2, 0.25) is 5.75 Å². The summed E-state index contributed by atoms with van der Waals surface area (Å²) in [6, 6.07) is 21.0. The van der Waals surface area contributed by atoms with E-state index in [0.29, 0.717) is 16.5 Å². The maximum absolute atomic E-state index is 12.6. The Morgan fingerprint density at radius 2 is 1.67 bits per heavy atom. The van der Waals surface area contributed by atoms with Crippen LogP contribution in [0.2, 0.25) is 0 Å². The lowest BCUT2D eigenvalue weighted by atomic mass is 10.1. The van der Waals surface area contributed by atoms with Crippen LogP contribution in [0.5, 0.6) is 17.2 Å². The molecule has 0 aliphatic heterocycles. The molecule has 1 N–H and O–H groups in total. The quantitative estimate of drug-likeness (QED) is 0.102. The number of para-hydroxylation sites is 1. The molecule has 4 aromatic rings. The summed E-state index contributed by atoms with van der Waals surface area (Å²) in [5.41, 5.74) is 6.04. The van der Waals surface area contributed by atoms with E-state index in [4.69, 9.17) is 14.2 Å². The number of hydrazone groups is 1. The van der Waals surface area contributed by atoms with Crippen LogP contribution in [0.1, 0.15) is 18.1 Å². The number of nitrogens with one attached hydrogen (secondary N) is 1. The van der Waals surface area contributed by atoms with E-state index >= 15 is 0 Å². The number of aryl methyl sites for hydroxylation is 1. The lowest BCUT2D eigenvalue weighted by molar-refractivity contribution is -0.132. The Balaban J connectivity index is 1.47. The number of aromatic nitrogens is 3.